The first kappa shape index (κ1) is 22.8. The highest BCUT2D eigenvalue weighted by Gasteiger charge is 2.36. The molecule has 1 unspecified atom stereocenters. The number of primary amides is 1. The van der Waals surface area contributed by atoms with Crippen LogP contribution in [0, 0.1) is 5.92 Å². The topological polar surface area (TPSA) is 124 Å². The molecule has 1 aliphatic heterocycles. The summed E-state index contributed by atoms with van der Waals surface area (Å²) in [6, 6.07) is 17.0. The van der Waals surface area contributed by atoms with Gasteiger partial charge < -0.3 is 25.4 Å². The summed E-state index contributed by atoms with van der Waals surface area (Å²) in [5.41, 5.74) is 6.75. The van der Waals surface area contributed by atoms with Crippen LogP contribution in [0.25, 0.3) is 0 Å². The Morgan fingerprint density at radius 3 is 2.71 bits per heavy atom. The summed E-state index contributed by atoms with van der Waals surface area (Å²) < 4.78 is 11.3. The van der Waals surface area contributed by atoms with Gasteiger partial charge in [-0.2, -0.15) is 0 Å². The summed E-state index contributed by atoms with van der Waals surface area (Å²) >= 11 is 0. The minimum Gasteiger partial charge on any atom is -0.492 e. The lowest BCUT2D eigenvalue weighted by Gasteiger charge is -2.20. The molecular weight excluding hydrogens is 436 g/mol. The number of ether oxygens (including phenoxy) is 2. The number of nitrogens with zero attached hydrogens (tertiary/aromatic N) is 2. The van der Waals surface area contributed by atoms with Gasteiger partial charge in [0.1, 0.15) is 11.5 Å². The van der Waals surface area contributed by atoms with Crippen molar-refractivity contribution in [1.82, 2.24) is 4.98 Å². The maximum Gasteiger partial charge on any atom is 0.248 e. The third-order valence-electron chi connectivity index (χ3n) is 5.30. The number of nitrogens with one attached hydrogen (secondary N) is 1. The van der Waals surface area contributed by atoms with Crippen molar-refractivity contribution in [2.45, 2.75) is 13.3 Å². The molecule has 1 aromatic heterocycles. The normalized spacial score (nSPS) is 15.1. The van der Waals surface area contributed by atoms with Crippen LogP contribution in [-0.4, -0.2) is 35.9 Å². The SMILES string of the molecule is CCOc1ccccc1N1CC(C(=O)Nc2ccc(Oc3cccc(C(N)=O)c3)nc2)CC1=O. The Kier molecular flexibility index (Phi) is 6.72. The van der Waals surface area contributed by atoms with E-state index in [0.717, 1.165) is 0 Å². The summed E-state index contributed by atoms with van der Waals surface area (Å²) in [7, 11) is 0. The molecule has 1 saturated heterocycles. The second-order valence-electron chi connectivity index (χ2n) is 7.67. The van der Waals surface area contributed by atoms with Crippen LogP contribution in [0.5, 0.6) is 17.4 Å². The largest absolute Gasteiger partial charge is 0.492 e. The highest BCUT2D eigenvalue weighted by molar-refractivity contribution is 6.04. The van der Waals surface area contributed by atoms with Crippen LogP contribution in [0.2, 0.25) is 0 Å². The van der Waals surface area contributed by atoms with Crippen molar-refractivity contribution >= 4 is 29.1 Å². The molecule has 34 heavy (non-hydrogen) atoms. The third kappa shape index (κ3) is 5.15. The summed E-state index contributed by atoms with van der Waals surface area (Å²) in [6.07, 6.45) is 1.57. The fourth-order valence-corrected chi connectivity index (χ4v) is 3.67. The van der Waals surface area contributed by atoms with Gasteiger partial charge in [0.05, 0.1) is 30.1 Å². The predicted molar refractivity (Wildman–Crippen MR) is 126 cm³/mol. The highest BCUT2D eigenvalue weighted by atomic mass is 16.5. The first-order valence-electron chi connectivity index (χ1n) is 10.8. The lowest BCUT2D eigenvalue weighted by molar-refractivity contribution is -0.122. The van der Waals surface area contributed by atoms with Gasteiger partial charge >= 0.3 is 0 Å². The zero-order chi connectivity index (χ0) is 24.1. The van der Waals surface area contributed by atoms with Gasteiger partial charge in [-0.05, 0) is 43.3 Å². The molecule has 4 rings (SSSR count). The second kappa shape index (κ2) is 10.0. The van der Waals surface area contributed by atoms with E-state index in [9.17, 15) is 14.4 Å². The fourth-order valence-electron chi connectivity index (χ4n) is 3.67. The molecule has 1 aliphatic rings. The molecule has 9 nitrogen and oxygen atoms in total. The average molecular weight is 460 g/mol. The Balaban J connectivity index is 1.38. The molecule has 3 amide bonds. The van der Waals surface area contributed by atoms with Gasteiger partial charge in [0, 0.05) is 24.6 Å². The molecule has 1 fully saturated rings. The number of benzene rings is 2. The van der Waals surface area contributed by atoms with E-state index in [2.05, 4.69) is 10.3 Å². The van der Waals surface area contributed by atoms with Crippen molar-refractivity contribution in [3.8, 4) is 17.4 Å². The Labute approximate surface area is 196 Å². The number of pyridine rings is 1. The Hall–Kier alpha value is -4.40. The van der Waals surface area contributed by atoms with Gasteiger partial charge in [-0.25, -0.2) is 4.98 Å². The number of aromatic nitrogens is 1. The van der Waals surface area contributed by atoms with E-state index >= 15 is 0 Å². The molecule has 0 bridgehead atoms. The molecule has 2 heterocycles. The van der Waals surface area contributed by atoms with E-state index in [4.69, 9.17) is 15.2 Å². The quantitative estimate of drug-likeness (QED) is 0.531. The van der Waals surface area contributed by atoms with Crippen molar-refractivity contribution in [3.63, 3.8) is 0 Å². The van der Waals surface area contributed by atoms with Crippen LogP contribution >= 0.6 is 0 Å². The van der Waals surface area contributed by atoms with Gasteiger partial charge in [0.2, 0.25) is 23.6 Å². The van der Waals surface area contributed by atoms with Gasteiger partial charge in [0.15, 0.2) is 0 Å². The molecule has 174 valence electrons. The monoisotopic (exact) mass is 460 g/mol. The van der Waals surface area contributed by atoms with Crippen LogP contribution in [0.15, 0.2) is 66.9 Å². The number of rotatable bonds is 8. The van der Waals surface area contributed by atoms with Crippen molar-refractivity contribution < 1.29 is 23.9 Å². The molecule has 0 radical (unpaired) electrons. The first-order valence-corrected chi connectivity index (χ1v) is 10.8. The highest BCUT2D eigenvalue weighted by Crippen LogP contribution is 2.33. The van der Waals surface area contributed by atoms with E-state index < -0.39 is 11.8 Å². The van der Waals surface area contributed by atoms with E-state index in [1.165, 1.54) is 12.3 Å². The molecule has 0 saturated carbocycles. The molecule has 2 aromatic carbocycles. The Morgan fingerprint density at radius 1 is 1.15 bits per heavy atom. The maximum atomic E-state index is 12.8. The van der Waals surface area contributed by atoms with Crippen LogP contribution in [0.1, 0.15) is 23.7 Å². The van der Waals surface area contributed by atoms with E-state index in [-0.39, 0.29) is 30.7 Å². The van der Waals surface area contributed by atoms with Gasteiger partial charge in [0.25, 0.3) is 0 Å². The first-order chi connectivity index (χ1) is 16.4. The molecule has 9 heteroatoms. The fraction of sp³-hybridized carbons (Fsp3) is 0.200. The van der Waals surface area contributed by atoms with E-state index in [1.54, 1.807) is 41.3 Å². The Bertz CT molecular complexity index is 1210. The summed E-state index contributed by atoms with van der Waals surface area (Å²) in [5.74, 6) is -0.148. The molecular formula is C25H24N4O5. The number of hydrogen-bond acceptors (Lipinski definition) is 6. The molecule has 0 aliphatic carbocycles. The van der Waals surface area contributed by atoms with Gasteiger partial charge in [-0.1, -0.05) is 18.2 Å². The van der Waals surface area contributed by atoms with Crippen molar-refractivity contribution in [2.24, 2.45) is 11.7 Å². The zero-order valence-corrected chi connectivity index (χ0v) is 18.6. The number of hydrogen-bond donors (Lipinski definition) is 2. The number of amides is 3. The Morgan fingerprint density at radius 2 is 1.97 bits per heavy atom. The smallest absolute Gasteiger partial charge is 0.248 e. The number of para-hydroxylation sites is 2. The van der Waals surface area contributed by atoms with E-state index in [1.807, 2.05) is 25.1 Å². The summed E-state index contributed by atoms with van der Waals surface area (Å²) in [5, 5.41) is 2.80. The standard InChI is InChI=1S/C25H24N4O5/c1-2-33-21-9-4-3-8-20(21)29-15-17(13-23(29)30)25(32)28-18-10-11-22(27-14-18)34-19-7-5-6-16(12-19)24(26)31/h3-12,14,17H,2,13,15H2,1H3,(H2,26,31)(H,28,32). The van der Waals surface area contributed by atoms with E-state index in [0.29, 0.717) is 35.0 Å². The average Bonchev–Trinajstić information content (AvgIpc) is 3.22. The molecule has 0 spiro atoms. The van der Waals surface area contributed by atoms with Crippen LogP contribution in [0.4, 0.5) is 11.4 Å². The van der Waals surface area contributed by atoms with Crippen LogP contribution < -0.4 is 25.4 Å². The molecule has 1 atom stereocenters. The minimum absolute atomic E-state index is 0.108. The maximum absolute atomic E-state index is 12.8. The third-order valence-corrected chi connectivity index (χ3v) is 5.30. The van der Waals surface area contributed by atoms with Crippen LogP contribution in [0.3, 0.4) is 0 Å². The van der Waals surface area contributed by atoms with Gasteiger partial charge in [-0.3, -0.25) is 14.4 Å². The predicted octanol–water partition coefficient (Wildman–Crippen LogP) is 3.36. The lowest BCUT2D eigenvalue weighted by atomic mass is 10.1. The summed E-state index contributed by atoms with van der Waals surface area (Å²) in [6.45, 7) is 2.62. The summed E-state index contributed by atoms with van der Waals surface area (Å²) in [4.78, 5) is 42.5. The second-order valence-corrected chi connectivity index (χ2v) is 7.67. The van der Waals surface area contributed by atoms with Crippen molar-refractivity contribution in [1.29, 1.82) is 0 Å². The van der Waals surface area contributed by atoms with Crippen LogP contribution in [-0.2, 0) is 9.59 Å². The van der Waals surface area contributed by atoms with Crippen molar-refractivity contribution in [2.75, 3.05) is 23.4 Å². The number of anilines is 2. The number of nitrogens with two attached hydrogens (primary N) is 1. The molecule has 3 N–H and O–H groups in total. The lowest BCUT2D eigenvalue weighted by Crippen LogP contribution is -2.28. The van der Waals surface area contributed by atoms with Crippen molar-refractivity contribution in [3.05, 3.63) is 72.4 Å². The molecule has 3 aromatic rings. The minimum atomic E-state index is -0.554. The number of carbonyl (C=O) groups excluding carboxylic acids is 3. The van der Waals surface area contributed by atoms with Gasteiger partial charge in [-0.15, -0.1) is 0 Å². The zero-order valence-electron chi connectivity index (χ0n) is 18.6. The number of carbonyl (C=O) groups is 3.